The highest BCUT2D eigenvalue weighted by molar-refractivity contribution is 5.80. The fraction of sp³-hybridized carbons (Fsp3) is 0.353. The monoisotopic (exact) mass is 342 g/mol. The fourth-order valence-corrected chi connectivity index (χ4v) is 2.54. The van der Waals surface area contributed by atoms with Gasteiger partial charge in [0.1, 0.15) is 18.0 Å². The van der Waals surface area contributed by atoms with Gasteiger partial charge in [0.15, 0.2) is 0 Å². The van der Waals surface area contributed by atoms with E-state index in [1.807, 2.05) is 24.3 Å². The highest BCUT2D eigenvalue weighted by Gasteiger charge is 2.16. The molecule has 4 N–H and O–H groups in total. The fourth-order valence-electron chi connectivity index (χ4n) is 2.54. The Morgan fingerprint density at radius 1 is 1.20 bits per heavy atom. The Morgan fingerprint density at radius 3 is 2.80 bits per heavy atom. The molecule has 1 fully saturated rings. The molecule has 1 saturated heterocycles. The molecule has 0 unspecified atom stereocenters. The number of hydrogen-bond acceptors (Lipinski definition) is 7. The normalized spacial score (nSPS) is 14.2. The number of rotatable bonds is 6. The number of amides is 1. The zero-order valence-electron chi connectivity index (χ0n) is 13.9. The van der Waals surface area contributed by atoms with E-state index in [1.165, 1.54) is 6.33 Å². The van der Waals surface area contributed by atoms with Gasteiger partial charge in [0.05, 0.1) is 19.8 Å². The molecular weight excluding hydrogens is 320 g/mol. The summed E-state index contributed by atoms with van der Waals surface area (Å²) in [5.41, 5.74) is 7.59. The molecule has 0 aliphatic carbocycles. The van der Waals surface area contributed by atoms with Gasteiger partial charge in [0, 0.05) is 31.4 Å². The van der Waals surface area contributed by atoms with E-state index in [-0.39, 0.29) is 12.5 Å². The van der Waals surface area contributed by atoms with Crippen LogP contribution >= 0.6 is 0 Å². The molecule has 0 atom stereocenters. The first-order chi connectivity index (χ1) is 12.2. The van der Waals surface area contributed by atoms with Crippen LogP contribution in [-0.4, -0.2) is 53.6 Å². The van der Waals surface area contributed by atoms with Crippen molar-refractivity contribution < 1.29 is 9.53 Å². The van der Waals surface area contributed by atoms with Crippen LogP contribution in [0.1, 0.15) is 5.56 Å². The lowest BCUT2D eigenvalue weighted by atomic mass is 10.2. The lowest BCUT2D eigenvalue weighted by molar-refractivity contribution is -0.133. The molecule has 0 spiro atoms. The summed E-state index contributed by atoms with van der Waals surface area (Å²) in [6.45, 7) is 3.13. The zero-order chi connectivity index (χ0) is 17.5. The van der Waals surface area contributed by atoms with E-state index in [2.05, 4.69) is 20.6 Å². The maximum atomic E-state index is 12.2. The maximum Gasteiger partial charge on any atom is 0.242 e. The third-order valence-corrected chi connectivity index (χ3v) is 3.89. The van der Waals surface area contributed by atoms with Crippen molar-refractivity contribution in [1.29, 1.82) is 0 Å². The van der Waals surface area contributed by atoms with Gasteiger partial charge in [0.2, 0.25) is 5.91 Å². The van der Waals surface area contributed by atoms with E-state index in [0.29, 0.717) is 44.5 Å². The summed E-state index contributed by atoms with van der Waals surface area (Å²) in [6.07, 6.45) is 1.46. The van der Waals surface area contributed by atoms with Crippen LogP contribution in [0.15, 0.2) is 36.7 Å². The summed E-state index contributed by atoms with van der Waals surface area (Å²) < 4.78 is 5.25. The van der Waals surface area contributed by atoms with Crippen molar-refractivity contribution in [1.82, 2.24) is 14.9 Å². The molecule has 0 bridgehead atoms. The van der Waals surface area contributed by atoms with E-state index in [0.717, 1.165) is 11.3 Å². The summed E-state index contributed by atoms with van der Waals surface area (Å²) in [6, 6.07) is 9.58. The molecule has 1 aliphatic heterocycles. The topological polar surface area (TPSA) is 105 Å². The minimum absolute atomic E-state index is 0.0343. The first-order valence-corrected chi connectivity index (χ1v) is 8.22. The number of ether oxygens (including phenoxy) is 1. The quantitative estimate of drug-likeness (QED) is 0.718. The Bertz CT molecular complexity index is 718. The minimum atomic E-state index is 0.0343. The van der Waals surface area contributed by atoms with Crippen LogP contribution < -0.4 is 16.4 Å². The van der Waals surface area contributed by atoms with Crippen molar-refractivity contribution in [2.45, 2.75) is 6.54 Å². The van der Waals surface area contributed by atoms with Gasteiger partial charge < -0.3 is 26.0 Å². The second-order valence-corrected chi connectivity index (χ2v) is 5.66. The van der Waals surface area contributed by atoms with Crippen molar-refractivity contribution >= 4 is 23.2 Å². The molecule has 25 heavy (non-hydrogen) atoms. The smallest absolute Gasteiger partial charge is 0.242 e. The van der Waals surface area contributed by atoms with Gasteiger partial charge >= 0.3 is 0 Å². The molecule has 0 saturated carbocycles. The number of morpholine rings is 1. The Kier molecular flexibility index (Phi) is 5.76. The average molecular weight is 342 g/mol. The predicted octanol–water partition coefficient (Wildman–Crippen LogP) is 0.950. The van der Waals surface area contributed by atoms with Crippen molar-refractivity contribution in [3.05, 3.63) is 42.2 Å². The van der Waals surface area contributed by atoms with Crippen LogP contribution in [0.2, 0.25) is 0 Å². The third-order valence-electron chi connectivity index (χ3n) is 3.89. The van der Waals surface area contributed by atoms with Gasteiger partial charge in [-0.1, -0.05) is 12.1 Å². The zero-order valence-corrected chi connectivity index (χ0v) is 13.9. The van der Waals surface area contributed by atoms with E-state index in [9.17, 15) is 4.79 Å². The molecule has 8 heteroatoms. The lowest BCUT2D eigenvalue weighted by Gasteiger charge is -2.26. The van der Waals surface area contributed by atoms with Crippen LogP contribution in [0.25, 0.3) is 0 Å². The Labute approximate surface area is 146 Å². The van der Waals surface area contributed by atoms with E-state index in [4.69, 9.17) is 10.5 Å². The van der Waals surface area contributed by atoms with Gasteiger partial charge in [-0.2, -0.15) is 0 Å². The number of nitrogens with one attached hydrogen (secondary N) is 2. The van der Waals surface area contributed by atoms with Crippen molar-refractivity contribution in [2.24, 2.45) is 5.73 Å². The highest BCUT2D eigenvalue weighted by atomic mass is 16.5. The molecule has 1 aromatic heterocycles. The first-order valence-electron chi connectivity index (χ1n) is 8.22. The van der Waals surface area contributed by atoms with E-state index >= 15 is 0 Å². The van der Waals surface area contributed by atoms with Crippen LogP contribution in [0.5, 0.6) is 0 Å². The van der Waals surface area contributed by atoms with Crippen molar-refractivity contribution in [3.8, 4) is 0 Å². The Balaban J connectivity index is 1.58. The number of anilines is 3. The lowest BCUT2D eigenvalue weighted by Crippen LogP contribution is -2.43. The summed E-state index contributed by atoms with van der Waals surface area (Å²) in [5.74, 6) is 1.27. The van der Waals surface area contributed by atoms with Crippen molar-refractivity contribution in [2.75, 3.05) is 43.5 Å². The number of nitrogens with two attached hydrogens (primary N) is 1. The number of carbonyl (C=O) groups excluding carboxylic acids is 1. The molecule has 132 valence electrons. The molecule has 0 radical (unpaired) electrons. The van der Waals surface area contributed by atoms with E-state index in [1.54, 1.807) is 11.0 Å². The molecular formula is C17H22N6O2. The summed E-state index contributed by atoms with van der Waals surface area (Å²) in [5, 5.41) is 6.26. The van der Waals surface area contributed by atoms with Gasteiger partial charge in [0.25, 0.3) is 0 Å². The Hall–Kier alpha value is -2.71. The standard InChI is InChI=1S/C17H22N6O2/c18-10-13-2-1-3-14(8-13)22-16-9-15(20-12-21-16)19-11-17(24)23-4-6-25-7-5-23/h1-3,8-9,12H,4-7,10-11,18H2,(H2,19,20,21,22). The number of aromatic nitrogens is 2. The molecule has 2 heterocycles. The van der Waals surface area contributed by atoms with E-state index < -0.39 is 0 Å². The summed E-state index contributed by atoms with van der Waals surface area (Å²) >= 11 is 0. The number of carbonyl (C=O) groups is 1. The minimum Gasteiger partial charge on any atom is -0.378 e. The second kappa shape index (κ2) is 8.41. The van der Waals surface area contributed by atoms with Crippen LogP contribution in [0, 0.1) is 0 Å². The van der Waals surface area contributed by atoms with Crippen LogP contribution in [0.3, 0.4) is 0 Å². The van der Waals surface area contributed by atoms with Crippen LogP contribution in [-0.2, 0) is 16.1 Å². The second-order valence-electron chi connectivity index (χ2n) is 5.66. The SMILES string of the molecule is NCc1cccc(Nc2cc(NCC(=O)N3CCOCC3)ncn2)c1. The number of nitrogens with zero attached hydrogens (tertiary/aromatic N) is 3. The largest absolute Gasteiger partial charge is 0.378 e. The molecule has 2 aromatic rings. The average Bonchev–Trinajstić information content (AvgIpc) is 2.67. The first kappa shape index (κ1) is 17.1. The highest BCUT2D eigenvalue weighted by Crippen LogP contribution is 2.17. The summed E-state index contributed by atoms with van der Waals surface area (Å²) in [7, 11) is 0. The molecule has 1 aliphatic rings. The molecule has 8 nitrogen and oxygen atoms in total. The van der Waals surface area contributed by atoms with Crippen molar-refractivity contribution in [3.63, 3.8) is 0 Å². The van der Waals surface area contributed by atoms with Gasteiger partial charge in [-0.15, -0.1) is 0 Å². The summed E-state index contributed by atoms with van der Waals surface area (Å²) in [4.78, 5) is 22.3. The predicted molar refractivity (Wildman–Crippen MR) is 95.5 cm³/mol. The number of hydrogen-bond donors (Lipinski definition) is 3. The van der Waals surface area contributed by atoms with Gasteiger partial charge in [-0.3, -0.25) is 4.79 Å². The maximum absolute atomic E-state index is 12.2. The third kappa shape index (κ3) is 4.88. The number of benzene rings is 1. The van der Waals surface area contributed by atoms with Gasteiger partial charge in [-0.05, 0) is 17.7 Å². The Morgan fingerprint density at radius 2 is 2.00 bits per heavy atom. The molecule has 1 amide bonds. The van der Waals surface area contributed by atoms with Gasteiger partial charge in [-0.25, -0.2) is 9.97 Å². The molecule has 3 rings (SSSR count). The van der Waals surface area contributed by atoms with Crippen LogP contribution in [0.4, 0.5) is 17.3 Å². The molecule has 1 aromatic carbocycles.